The maximum atomic E-state index is 11.8. The molecule has 0 unspecified atom stereocenters. The van der Waals surface area contributed by atoms with Crippen LogP contribution in [0.4, 0.5) is 0 Å². The Labute approximate surface area is 124 Å². The van der Waals surface area contributed by atoms with E-state index in [1.807, 2.05) is 30.3 Å². The molecule has 2 N–H and O–H groups in total. The van der Waals surface area contributed by atoms with Gasteiger partial charge in [-0.25, -0.2) is 0 Å². The number of benzene rings is 1. The maximum Gasteiger partial charge on any atom is 0.317 e. The van der Waals surface area contributed by atoms with E-state index >= 15 is 0 Å². The lowest BCUT2D eigenvalue weighted by Crippen LogP contribution is -2.41. The van der Waals surface area contributed by atoms with Gasteiger partial charge in [-0.05, 0) is 12.0 Å². The van der Waals surface area contributed by atoms with Crippen molar-refractivity contribution in [1.82, 2.24) is 10.2 Å². The van der Waals surface area contributed by atoms with Crippen LogP contribution >= 0.6 is 0 Å². The van der Waals surface area contributed by atoms with E-state index in [2.05, 4.69) is 5.32 Å². The summed E-state index contributed by atoms with van der Waals surface area (Å²) in [5, 5.41) is 11.6. The van der Waals surface area contributed by atoms with E-state index in [-0.39, 0.29) is 19.0 Å². The average Bonchev–Trinajstić information content (AvgIpc) is 2.45. The summed E-state index contributed by atoms with van der Waals surface area (Å²) in [7, 11) is 1.54. The Morgan fingerprint density at radius 2 is 1.95 bits per heavy atom. The summed E-state index contributed by atoms with van der Waals surface area (Å²) in [5.41, 5.74) is 1.15. The van der Waals surface area contributed by atoms with Gasteiger partial charge in [0.25, 0.3) is 0 Å². The van der Waals surface area contributed by atoms with Crippen LogP contribution in [0.2, 0.25) is 0 Å². The first-order valence-corrected chi connectivity index (χ1v) is 6.85. The van der Waals surface area contributed by atoms with E-state index in [0.717, 1.165) is 12.0 Å². The Hall–Kier alpha value is -1.92. The van der Waals surface area contributed by atoms with E-state index in [0.29, 0.717) is 19.7 Å². The smallest absolute Gasteiger partial charge is 0.317 e. The molecule has 0 atom stereocenters. The lowest BCUT2D eigenvalue weighted by Gasteiger charge is -2.19. The van der Waals surface area contributed by atoms with Gasteiger partial charge >= 0.3 is 5.97 Å². The van der Waals surface area contributed by atoms with Crippen LogP contribution in [0.3, 0.4) is 0 Å². The first kappa shape index (κ1) is 17.1. The summed E-state index contributed by atoms with van der Waals surface area (Å²) >= 11 is 0. The molecule has 6 nitrogen and oxygen atoms in total. The Morgan fingerprint density at radius 3 is 2.57 bits per heavy atom. The number of carbonyl (C=O) groups excluding carboxylic acids is 1. The number of rotatable bonds is 10. The molecule has 0 aliphatic rings. The molecule has 0 aliphatic heterocycles. The number of amides is 1. The molecule has 0 aromatic heterocycles. The summed E-state index contributed by atoms with van der Waals surface area (Å²) in [6.45, 7) is 1.23. The molecule has 0 saturated heterocycles. The van der Waals surface area contributed by atoms with Gasteiger partial charge in [0, 0.05) is 20.2 Å². The summed E-state index contributed by atoms with van der Waals surface area (Å²) in [6, 6.07) is 9.86. The first-order chi connectivity index (χ1) is 10.1. The van der Waals surface area contributed by atoms with Gasteiger partial charge in [0.1, 0.15) is 0 Å². The monoisotopic (exact) mass is 294 g/mol. The second-order valence-electron chi connectivity index (χ2n) is 4.68. The first-order valence-electron chi connectivity index (χ1n) is 6.85. The lowest BCUT2D eigenvalue weighted by atomic mass is 10.1. The van der Waals surface area contributed by atoms with Gasteiger partial charge in [0.15, 0.2) is 0 Å². The highest BCUT2D eigenvalue weighted by atomic mass is 16.5. The minimum atomic E-state index is -0.955. The number of nitrogens with one attached hydrogen (secondary N) is 1. The molecule has 21 heavy (non-hydrogen) atoms. The van der Waals surface area contributed by atoms with E-state index in [1.54, 1.807) is 12.0 Å². The highest BCUT2D eigenvalue weighted by molar-refractivity contribution is 5.79. The van der Waals surface area contributed by atoms with Gasteiger partial charge in [-0.2, -0.15) is 0 Å². The van der Waals surface area contributed by atoms with Crippen molar-refractivity contribution in [2.24, 2.45) is 0 Å². The summed E-state index contributed by atoms with van der Waals surface area (Å²) in [5.74, 6) is -1.13. The molecule has 0 fully saturated rings. The Morgan fingerprint density at radius 1 is 1.24 bits per heavy atom. The van der Waals surface area contributed by atoms with Gasteiger partial charge in [0.2, 0.25) is 5.91 Å². The minimum Gasteiger partial charge on any atom is -0.480 e. The zero-order chi connectivity index (χ0) is 15.5. The predicted octanol–water partition coefficient (Wildman–Crippen LogP) is 0.378. The third-order valence-electron chi connectivity index (χ3n) is 2.92. The Kier molecular flexibility index (Phi) is 8.08. The number of carboxylic acids is 1. The van der Waals surface area contributed by atoms with Crippen LogP contribution in [0.25, 0.3) is 0 Å². The van der Waals surface area contributed by atoms with Crippen LogP contribution < -0.4 is 5.32 Å². The Bertz CT molecular complexity index is 437. The van der Waals surface area contributed by atoms with Crippen molar-refractivity contribution in [1.29, 1.82) is 0 Å². The van der Waals surface area contributed by atoms with E-state index in [1.165, 1.54) is 0 Å². The topological polar surface area (TPSA) is 78.9 Å². The molecule has 0 bridgehead atoms. The molecule has 1 aromatic carbocycles. The molecule has 0 spiro atoms. The molecule has 6 heteroatoms. The number of nitrogens with zero attached hydrogens (tertiary/aromatic N) is 1. The Balaban J connectivity index is 2.30. The van der Waals surface area contributed by atoms with Gasteiger partial charge < -0.3 is 15.2 Å². The average molecular weight is 294 g/mol. The molecule has 0 saturated carbocycles. The molecule has 0 heterocycles. The largest absolute Gasteiger partial charge is 0.480 e. The summed E-state index contributed by atoms with van der Waals surface area (Å²) < 4.78 is 4.91. The zero-order valence-electron chi connectivity index (χ0n) is 12.2. The van der Waals surface area contributed by atoms with E-state index in [4.69, 9.17) is 9.84 Å². The van der Waals surface area contributed by atoms with Crippen LogP contribution in [0.5, 0.6) is 0 Å². The zero-order valence-corrected chi connectivity index (χ0v) is 12.2. The van der Waals surface area contributed by atoms with Gasteiger partial charge in [-0.3, -0.25) is 14.5 Å². The summed E-state index contributed by atoms with van der Waals surface area (Å²) in [4.78, 5) is 24.1. The maximum absolute atomic E-state index is 11.8. The predicted molar refractivity (Wildman–Crippen MR) is 79.1 cm³/mol. The van der Waals surface area contributed by atoms with Crippen molar-refractivity contribution in [2.75, 3.05) is 39.9 Å². The molecule has 0 aliphatic carbocycles. The fraction of sp³-hybridized carbons (Fsp3) is 0.467. The number of carboxylic acid groups (broad SMARTS) is 1. The third-order valence-corrected chi connectivity index (χ3v) is 2.92. The molecule has 1 amide bonds. The van der Waals surface area contributed by atoms with Crippen LogP contribution in [-0.2, 0) is 20.7 Å². The minimum absolute atomic E-state index is 0.0600. The normalized spacial score (nSPS) is 10.6. The fourth-order valence-electron chi connectivity index (χ4n) is 1.88. The molecule has 1 aromatic rings. The van der Waals surface area contributed by atoms with E-state index < -0.39 is 5.97 Å². The number of carbonyl (C=O) groups is 2. The number of ether oxygens (including phenoxy) is 1. The lowest BCUT2D eigenvalue weighted by molar-refractivity contribution is -0.138. The van der Waals surface area contributed by atoms with Crippen LogP contribution in [0.1, 0.15) is 5.56 Å². The molecule has 0 radical (unpaired) electrons. The van der Waals surface area contributed by atoms with Gasteiger partial charge in [-0.1, -0.05) is 30.3 Å². The molecular weight excluding hydrogens is 272 g/mol. The SMILES string of the molecule is COCCN(CC(=O)O)CC(=O)NCCc1ccccc1. The van der Waals surface area contributed by atoms with Crippen molar-refractivity contribution in [3.05, 3.63) is 35.9 Å². The van der Waals surface area contributed by atoms with Crippen molar-refractivity contribution >= 4 is 11.9 Å². The van der Waals surface area contributed by atoms with E-state index in [9.17, 15) is 9.59 Å². The van der Waals surface area contributed by atoms with Crippen molar-refractivity contribution < 1.29 is 19.4 Å². The number of hydrogen-bond donors (Lipinski definition) is 2. The second kappa shape index (κ2) is 9.90. The highest BCUT2D eigenvalue weighted by Crippen LogP contribution is 1.98. The fourth-order valence-corrected chi connectivity index (χ4v) is 1.88. The number of hydrogen-bond acceptors (Lipinski definition) is 4. The van der Waals surface area contributed by atoms with Crippen LogP contribution in [0.15, 0.2) is 30.3 Å². The highest BCUT2D eigenvalue weighted by Gasteiger charge is 2.13. The quantitative estimate of drug-likeness (QED) is 0.652. The van der Waals surface area contributed by atoms with Crippen LogP contribution in [-0.4, -0.2) is 61.8 Å². The molecule has 116 valence electrons. The summed E-state index contributed by atoms with van der Waals surface area (Å²) in [6.07, 6.45) is 0.754. The van der Waals surface area contributed by atoms with Crippen LogP contribution in [0, 0.1) is 0 Å². The third kappa shape index (κ3) is 8.06. The van der Waals surface area contributed by atoms with Gasteiger partial charge in [0.05, 0.1) is 19.7 Å². The van der Waals surface area contributed by atoms with Crippen molar-refractivity contribution in [2.45, 2.75) is 6.42 Å². The molecule has 1 rings (SSSR count). The number of aliphatic carboxylic acids is 1. The standard InChI is InChI=1S/C15H22N2O4/c1-21-10-9-17(12-15(19)20)11-14(18)16-8-7-13-5-3-2-4-6-13/h2-6H,7-12H2,1H3,(H,16,18)(H,19,20). The second-order valence-corrected chi connectivity index (χ2v) is 4.68. The molecular formula is C15H22N2O4. The van der Waals surface area contributed by atoms with Crippen molar-refractivity contribution in [3.8, 4) is 0 Å². The van der Waals surface area contributed by atoms with Crippen molar-refractivity contribution in [3.63, 3.8) is 0 Å². The van der Waals surface area contributed by atoms with Gasteiger partial charge in [-0.15, -0.1) is 0 Å². The number of methoxy groups -OCH3 is 1.